The summed E-state index contributed by atoms with van der Waals surface area (Å²) in [5.74, 6) is -0.495. The van der Waals surface area contributed by atoms with E-state index in [0.717, 1.165) is 3.57 Å². The molecule has 0 aliphatic carbocycles. The summed E-state index contributed by atoms with van der Waals surface area (Å²) in [7, 11) is 0. The second-order valence-corrected chi connectivity index (χ2v) is 6.12. The highest BCUT2D eigenvalue weighted by Gasteiger charge is 2.07. The molecule has 0 aliphatic heterocycles. The van der Waals surface area contributed by atoms with E-state index in [1.165, 1.54) is 18.3 Å². The molecule has 2 aromatic carbocycles. The Morgan fingerprint density at radius 3 is 2.76 bits per heavy atom. The molecule has 108 valence electrons. The minimum Gasteiger partial charge on any atom is -0.506 e. The summed E-state index contributed by atoms with van der Waals surface area (Å²) in [4.78, 5) is 11.9. The van der Waals surface area contributed by atoms with Gasteiger partial charge in [0.2, 0.25) is 0 Å². The Morgan fingerprint density at radius 2 is 2.05 bits per heavy atom. The van der Waals surface area contributed by atoms with E-state index in [-0.39, 0.29) is 16.7 Å². The van der Waals surface area contributed by atoms with Crippen molar-refractivity contribution in [3.8, 4) is 5.75 Å². The lowest BCUT2D eigenvalue weighted by Crippen LogP contribution is -2.17. The van der Waals surface area contributed by atoms with Crippen molar-refractivity contribution in [2.75, 3.05) is 0 Å². The Hall–Kier alpha value is -1.31. The summed E-state index contributed by atoms with van der Waals surface area (Å²) in [6, 6.07) is 9.99. The number of phenols is 1. The van der Waals surface area contributed by atoms with Crippen LogP contribution in [0.15, 0.2) is 41.5 Å². The van der Waals surface area contributed by atoms with Crippen molar-refractivity contribution in [1.82, 2.24) is 5.43 Å². The average Bonchev–Trinajstić information content (AvgIpc) is 2.43. The summed E-state index contributed by atoms with van der Waals surface area (Å²) in [6.45, 7) is 0. The number of nitrogens with zero attached hydrogens (tertiary/aromatic N) is 1. The van der Waals surface area contributed by atoms with Gasteiger partial charge in [-0.3, -0.25) is 4.79 Å². The fourth-order valence-electron chi connectivity index (χ4n) is 1.54. The SMILES string of the molecule is O=C(N/N=C\c1cc(Cl)cc(Cl)c1O)c1cccc(I)c1. The number of amides is 1. The van der Waals surface area contributed by atoms with E-state index in [9.17, 15) is 9.90 Å². The maximum absolute atomic E-state index is 11.9. The van der Waals surface area contributed by atoms with Crippen LogP contribution >= 0.6 is 45.8 Å². The van der Waals surface area contributed by atoms with Gasteiger partial charge in [0.25, 0.3) is 5.91 Å². The molecule has 0 spiro atoms. The van der Waals surface area contributed by atoms with Crippen molar-refractivity contribution < 1.29 is 9.90 Å². The van der Waals surface area contributed by atoms with E-state index in [1.807, 2.05) is 6.07 Å². The van der Waals surface area contributed by atoms with E-state index >= 15 is 0 Å². The molecule has 0 radical (unpaired) electrons. The molecule has 2 N–H and O–H groups in total. The molecule has 2 rings (SSSR count). The van der Waals surface area contributed by atoms with E-state index in [1.54, 1.807) is 18.2 Å². The summed E-state index contributed by atoms with van der Waals surface area (Å²) < 4.78 is 0.948. The van der Waals surface area contributed by atoms with Crippen LogP contribution in [-0.2, 0) is 0 Å². The van der Waals surface area contributed by atoms with Crippen molar-refractivity contribution in [2.45, 2.75) is 0 Å². The first-order chi connectivity index (χ1) is 9.97. The Bertz CT molecular complexity index is 720. The fraction of sp³-hybridized carbons (Fsp3) is 0. The van der Waals surface area contributed by atoms with E-state index in [4.69, 9.17) is 23.2 Å². The second kappa shape index (κ2) is 7.11. The summed E-state index contributed by atoms with van der Waals surface area (Å²) in [5, 5.41) is 14.0. The van der Waals surface area contributed by atoms with Crippen molar-refractivity contribution in [2.24, 2.45) is 5.10 Å². The monoisotopic (exact) mass is 434 g/mol. The van der Waals surface area contributed by atoms with Crippen LogP contribution in [0, 0.1) is 3.57 Å². The van der Waals surface area contributed by atoms with Crippen LogP contribution < -0.4 is 5.43 Å². The maximum Gasteiger partial charge on any atom is 0.271 e. The van der Waals surface area contributed by atoms with Gasteiger partial charge in [-0.2, -0.15) is 5.10 Å². The van der Waals surface area contributed by atoms with E-state index in [2.05, 4.69) is 33.1 Å². The number of hydrogen-bond acceptors (Lipinski definition) is 3. The van der Waals surface area contributed by atoms with Crippen molar-refractivity contribution in [3.05, 3.63) is 61.1 Å². The molecule has 0 bridgehead atoms. The molecule has 2 aromatic rings. The van der Waals surface area contributed by atoms with Crippen LogP contribution in [0.2, 0.25) is 10.0 Å². The molecule has 0 aromatic heterocycles. The van der Waals surface area contributed by atoms with Crippen molar-refractivity contribution in [1.29, 1.82) is 0 Å². The molecule has 1 amide bonds. The average molecular weight is 435 g/mol. The molecular weight excluding hydrogens is 426 g/mol. The third-order valence-corrected chi connectivity index (χ3v) is 3.69. The smallest absolute Gasteiger partial charge is 0.271 e. The highest BCUT2D eigenvalue weighted by Crippen LogP contribution is 2.29. The highest BCUT2D eigenvalue weighted by atomic mass is 127. The topological polar surface area (TPSA) is 61.7 Å². The molecule has 4 nitrogen and oxygen atoms in total. The third-order valence-electron chi connectivity index (χ3n) is 2.51. The number of carbonyl (C=O) groups is 1. The molecule has 0 aliphatic rings. The van der Waals surface area contributed by atoms with E-state index in [0.29, 0.717) is 16.1 Å². The second-order valence-electron chi connectivity index (χ2n) is 4.03. The molecule has 7 heteroatoms. The van der Waals surface area contributed by atoms with Gasteiger partial charge in [0, 0.05) is 19.7 Å². The summed E-state index contributed by atoms with van der Waals surface area (Å²) in [5.41, 5.74) is 3.18. The first-order valence-electron chi connectivity index (χ1n) is 5.74. The van der Waals surface area contributed by atoms with Crippen LogP contribution in [0.3, 0.4) is 0 Å². The maximum atomic E-state index is 11.9. The Kier molecular flexibility index (Phi) is 5.44. The number of carbonyl (C=O) groups excluding carboxylic acids is 1. The predicted octanol–water partition coefficient (Wildman–Crippen LogP) is 4.07. The van der Waals surface area contributed by atoms with Crippen LogP contribution in [-0.4, -0.2) is 17.2 Å². The molecule has 0 saturated heterocycles. The van der Waals surface area contributed by atoms with Crippen LogP contribution in [0.25, 0.3) is 0 Å². The molecule has 0 unspecified atom stereocenters. The van der Waals surface area contributed by atoms with Gasteiger partial charge in [-0.1, -0.05) is 29.3 Å². The first-order valence-corrected chi connectivity index (χ1v) is 7.58. The molecular formula is C14H9Cl2IN2O2. The van der Waals surface area contributed by atoms with Gasteiger partial charge in [0.05, 0.1) is 11.2 Å². The zero-order valence-corrected chi connectivity index (χ0v) is 14.1. The van der Waals surface area contributed by atoms with Gasteiger partial charge in [0.1, 0.15) is 5.75 Å². The Morgan fingerprint density at radius 1 is 1.29 bits per heavy atom. The van der Waals surface area contributed by atoms with Crippen LogP contribution in [0.1, 0.15) is 15.9 Å². The normalized spacial score (nSPS) is 10.8. The predicted molar refractivity (Wildman–Crippen MR) is 92.3 cm³/mol. The zero-order valence-electron chi connectivity index (χ0n) is 10.5. The number of halogens is 3. The first kappa shape index (κ1) is 16.1. The molecule has 0 atom stereocenters. The van der Waals surface area contributed by atoms with Crippen molar-refractivity contribution in [3.63, 3.8) is 0 Å². The largest absolute Gasteiger partial charge is 0.506 e. The lowest BCUT2D eigenvalue weighted by Gasteiger charge is -2.03. The lowest BCUT2D eigenvalue weighted by atomic mass is 10.2. The highest BCUT2D eigenvalue weighted by molar-refractivity contribution is 14.1. The van der Waals surface area contributed by atoms with E-state index < -0.39 is 0 Å². The van der Waals surface area contributed by atoms with Gasteiger partial charge in [-0.15, -0.1) is 0 Å². The molecule has 0 fully saturated rings. The van der Waals surface area contributed by atoms with Crippen LogP contribution in [0.5, 0.6) is 5.75 Å². The minimum atomic E-state index is -0.350. The third kappa shape index (κ3) is 4.33. The number of rotatable bonds is 3. The summed E-state index contributed by atoms with van der Waals surface area (Å²) in [6.07, 6.45) is 1.28. The van der Waals surface area contributed by atoms with Gasteiger partial charge in [0.15, 0.2) is 0 Å². The Balaban J connectivity index is 2.11. The standard InChI is InChI=1S/C14H9Cl2IN2O2/c15-10-4-9(13(20)12(16)6-10)7-18-19-14(21)8-2-1-3-11(17)5-8/h1-7,20H,(H,19,21)/b18-7-. The number of hydrogen-bond donors (Lipinski definition) is 2. The number of hydrazone groups is 1. The number of phenolic OH excluding ortho intramolecular Hbond substituents is 1. The van der Waals surface area contributed by atoms with Gasteiger partial charge < -0.3 is 5.11 Å². The van der Waals surface area contributed by atoms with Gasteiger partial charge in [-0.25, -0.2) is 5.43 Å². The van der Waals surface area contributed by atoms with Crippen LogP contribution in [0.4, 0.5) is 0 Å². The molecule has 0 saturated carbocycles. The quantitative estimate of drug-likeness (QED) is 0.434. The molecule has 0 heterocycles. The Labute approximate surface area is 144 Å². The zero-order chi connectivity index (χ0) is 15.4. The van der Waals surface area contributed by atoms with Gasteiger partial charge >= 0.3 is 0 Å². The lowest BCUT2D eigenvalue weighted by molar-refractivity contribution is 0.0955. The minimum absolute atomic E-state index is 0.118. The number of aromatic hydroxyl groups is 1. The fourth-order valence-corrected chi connectivity index (χ4v) is 2.59. The molecule has 21 heavy (non-hydrogen) atoms. The summed E-state index contributed by atoms with van der Waals surface area (Å²) >= 11 is 13.7. The number of nitrogens with one attached hydrogen (secondary N) is 1. The van der Waals surface area contributed by atoms with Gasteiger partial charge in [-0.05, 0) is 52.9 Å². The van der Waals surface area contributed by atoms with Crippen molar-refractivity contribution >= 4 is 57.9 Å². The number of benzene rings is 2.